The SMILES string of the molecule is CC.Cc1nc(-c2cccc(-c3noc(C)n3)c2)no1. The molecule has 0 atom stereocenters. The summed E-state index contributed by atoms with van der Waals surface area (Å²) in [5.41, 5.74) is 1.71. The van der Waals surface area contributed by atoms with Gasteiger partial charge in [-0.25, -0.2) is 0 Å². The van der Waals surface area contributed by atoms with Crippen molar-refractivity contribution in [1.82, 2.24) is 20.3 Å². The number of aryl methyl sites for hydroxylation is 2. The van der Waals surface area contributed by atoms with Crippen molar-refractivity contribution in [3.63, 3.8) is 0 Å². The van der Waals surface area contributed by atoms with Crippen molar-refractivity contribution in [3.8, 4) is 22.8 Å². The number of aromatic nitrogens is 4. The largest absolute Gasteiger partial charge is 0.339 e. The molecule has 2 heterocycles. The third-order valence-electron chi connectivity index (χ3n) is 2.43. The first-order valence-corrected chi connectivity index (χ1v) is 6.44. The van der Waals surface area contributed by atoms with Crippen LogP contribution in [0.3, 0.4) is 0 Å². The lowest BCUT2D eigenvalue weighted by molar-refractivity contribution is 0.394. The molecule has 0 unspecified atom stereocenters. The van der Waals surface area contributed by atoms with Gasteiger partial charge in [0.1, 0.15) is 0 Å². The third-order valence-corrected chi connectivity index (χ3v) is 2.43. The van der Waals surface area contributed by atoms with E-state index in [1.165, 1.54) is 0 Å². The Bertz CT molecular complexity index is 632. The maximum Gasteiger partial charge on any atom is 0.223 e. The Morgan fingerprint density at radius 2 is 1.25 bits per heavy atom. The average Bonchev–Trinajstić information content (AvgIpc) is 3.10. The van der Waals surface area contributed by atoms with Crippen LogP contribution >= 0.6 is 0 Å². The molecule has 2 aromatic heterocycles. The second-order valence-corrected chi connectivity index (χ2v) is 3.85. The van der Waals surface area contributed by atoms with Crippen LogP contribution in [0.15, 0.2) is 33.3 Å². The molecule has 1 aromatic carbocycles. The molecule has 6 heteroatoms. The smallest absolute Gasteiger partial charge is 0.223 e. The molecule has 6 nitrogen and oxygen atoms in total. The quantitative estimate of drug-likeness (QED) is 0.711. The number of nitrogens with zero attached hydrogens (tertiary/aromatic N) is 4. The molecule has 3 aromatic rings. The highest BCUT2D eigenvalue weighted by molar-refractivity contribution is 5.65. The van der Waals surface area contributed by atoms with Crippen molar-refractivity contribution in [3.05, 3.63) is 36.0 Å². The van der Waals surface area contributed by atoms with Crippen molar-refractivity contribution >= 4 is 0 Å². The Morgan fingerprint density at radius 3 is 1.60 bits per heavy atom. The zero-order chi connectivity index (χ0) is 14.5. The van der Waals surface area contributed by atoms with Gasteiger partial charge in [0, 0.05) is 25.0 Å². The van der Waals surface area contributed by atoms with E-state index in [9.17, 15) is 0 Å². The Labute approximate surface area is 116 Å². The lowest BCUT2D eigenvalue weighted by atomic mass is 10.1. The summed E-state index contributed by atoms with van der Waals surface area (Å²) in [6.45, 7) is 7.51. The molecular formula is C14H16N4O2. The summed E-state index contributed by atoms with van der Waals surface area (Å²) in [5.74, 6) is 2.17. The highest BCUT2D eigenvalue weighted by atomic mass is 16.5. The zero-order valence-electron chi connectivity index (χ0n) is 11.9. The molecule has 0 amide bonds. The van der Waals surface area contributed by atoms with Gasteiger partial charge in [-0.05, 0) is 6.07 Å². The van der Waals surface area contributed by atoms with Gasteiger partial charge in [0.15, 0.2) is 0 Å². The van der Waals surface area contributed by atoms with E-state index in [2.05, 4.69) is 20.3 Å². The Hall–Kier alpha value is -2.50. The first kappa shape index (κ1) is 13.9. The molecule has 104 valence electrons. The fourth-order valence-electron chi connectivity index (χ4n) is 1.63. The number of hydrogen-bond acceptors (Lipinski definition) is 6. The summed E-state index contributed by atoms with van der Waals surface area (Å²) in [7, 11) is 0. The first-order chi connectivity index (χ1) is 9.72. The van der Waals surface area contributed by atoms with Crippen LogP contribution in [0.4, 0.5) is 0 Å². The minimum Gasteiger partial charge on any atom is -0.339 e. The molecule has 0 N–H and O–H groups in total. The molecule has 0 aliphatic carbocycles. The fraction of sp³-hybridized carbons (Fsp3) is 0.286. The van der Waals surface area contributed by atoms with Crippen LogP contribution in [-0.2, 0) is 0 Å². The lowest BCUT2D eigenvalue weighted by Gasteiger charge is -1.97. The predicted octanol–water partition coefficient (Wildman–Crippen LogP) is 3.43. The summed E-state index contributed by atoms with van der Waals surface area (Å²) in [5, 5.41) is 7.75. The van der Waals surface area contributed by atoms with E-state index in [0.29, 0.717) is 23.4 Å². The molecule has 3 rings (SSSR count). The summed E-state index contributed by atoms with van der Waals surface area (Å²) in [4.78, 5) is 8.36. The minimum absolute atomic E-state index is 0.533. The van der Waals surface area contributed by atoms with E-state index in [1.54, 1.807) is 13.8 Å². The maximum absolute atomic E-state index is 4.96. The monoisotopic (exact) mass is 272 g/mol. The predicted molar refractivity (Wildman–Crippen MR) is 73.8 cm³/mol. The van der Waals surface area contributed by atoms with Crippen molar-refractivity contribution in [2.45, 2.75) is 27.7 Å². The third kappa shape index (κ3) is 2.90. The fourth-order valence-corrected chi connectivity index (χ4v) is 1.63. The van der Waals surface area contributed by atoms with Gasteiger partial charge in [-0.1, -0.05) is 42.4 Å². The van der Waals surface area contributed by atoms with E-state index in [0.717, 1.165) is 11.1 Å². The van der Waals surface area contributed by atoms with Crippen LogP contribution in [0.5, 0.6) is 0 Å². The minimum atomic E-state index is 0.533. The molecule has 0 aliphatic heterocycles. The van der Waals surface area contributed by atoms with Gasteiger partial charge in [0.05, 0.1) is 0 Å². The number of hydrogen-bond donors (Lipinski definition) is 0. The Morgan fingerprint density at radius 1 is 0.800 bits per heavy atom. The molecule has 0 radical (unpaired) electrons. The average molecular weight is 272 g/mol. The van der Waals surface area contributed by atoms with Crippen molar-refractivity contribution in [1.29, 1.82) is 0 Å². The molecule has 0 fully saturated rings. The van der Waals surface area contributed by atoms with Crippen molar-refractivity contribution in [2.24, 2.45) is 0 Å². The van der Waals surface area contributed by atoms with Crippen LogP contribution in [-0.4, -0.2) is 20.3 Å². The van der Waals surface area contributed by atoms with Crippen molar-refractivity contribution in [2.75, 3.05) is 0 Å². The summed E-state index contributed by atoms with van der Waals surface area (Å²) >= 11 is 0. The summed E-state index contributed by atoms with van der Waals surface area (Å²) in [6, 6.07) is 7.60. The first-order valence-electron chi connectivity index (χ1n) is 6.44. The highest BCUT2D eigenvalue weighted by Crippen LogP contribution is 2.22. The molecule has 0 aliphatic rings. The van der Waals surface area contributed by atoms with Gasteiger partial charge >= 0.3 is 0 Å². The summed E-state index contributed by atoms with van der Waals surface area (Å²) < 4.78 is 9.92. The van der Waals surface area contributed by atoms with Crippen LogP contribution < -0.4 is 0 Å². The molecule has 0 saturated heterocycles. The van der Waals surface area contributed by atoms with E-state index >= 15 is 0 Å². The Balaban J connectivity index is 0.000000704. The number of benzene rings is 1. The maximum atomic E-state index is 4.96. The number of rotatable bonds is 2. The van der Waals surface area contributed by atoms with E-state index in [-0.39, 0.29) is 0 Å². The van der Waals surface area contributed by atoms with Crippen LogP contribution in [0, 0.1) is 13.8 Å². The Kier molecular flexibility index (Phi) is 4.24. The topological polar surface area (TPSA) is 77.8 Å². The highest BCUT2D eigenvalue weighted by Gasteiger charge is 2.10. The van der Waals surface area contributed by atoms with E-state index < -0.39 is 0 Å². The molecule has 0 bridgehead atoms. The van der Waals surface area contributed by atoms with Gasteiger partial charge in [-0.2, -0.15) is 9.97 Å². The van der Waals surface area contributed by atoms with E-state index in [1.807, 2.05) is 38.1 Å². The van der Waals surface area contributed by atoms with Gasteiger partial charge in [-0.3, -0.25) is 0 Å². The van der Waals surface area contributed by atoms with Crippen molar-refractivity contribution < 1.29 is 9.05 Å². The summed E-state index contributed by atoms with van der Waals surface area (Å²) in [6.07, 6.45) is 0. The van der Waals surface area contributed by atoms with Gasteiger partial charge in [0.2, 0.25) is 23.4 Å². The second kappa shape index (κ2) is 6.10. The van der Waals surface area contributed by atoms with Crippen LogP contribution in [0.2, 0.25) is 0 Å². The van der Waals surface area contributed by atoms with Gasteiger partial charge in [-0.15, -0.1) is 0 Å². The van der Waals surface area contributed by atoms with Gasteiger partial charge in [0.25, 0.3) is 0 Å². The van der Waals surface area contributed by atoms with Gasteiger partial charge < -0.3 is 9.05 Å². The molecule has 0 saturated carbocycles. The van der Waals surface area contributed by atoms with E-state index in [4.69, 9.17) is 9.05 Å². The normalized spacial score (nSPS) is 10.0. The molecule has 20 heavy (non-hydrogen) atoms. The van der Waals surface area contributed by atoms with Crippen LogP contribution in [0.25, 0.3) is 22.8 Å². The zero-order valence-corrected chi connectivity index (χ0v) is 11.9. The van der Waals surface area contributed by atoms with Crippen LogP contribution in [0.1, 0.15) is 25.6 Å². The lowest BCUT2D eigenvalue weighted by Crippen LogP contribution is -1.85. The molecule has 0 spiro atoms. The second-order valence-electron chi connectivity index (χ2n) is 3.85. The standard InChI is InChI=1S/C12H10N4O2.C2H6/c1-7-13-11(15-17-7)9-4-3-5-10(6-9)12-14-8(2)18-16-12;1-2/h3-6H,1-2H3;1-2H3. The molecular weight excluding hydrogens is 256 g/mol.